The second-order valence-electron chi connectivity index (χ2n) is 6.94. The molecule has 0 spiro atoms. The van der Waals surface area contributed by atoms with Gasteiger partial charge in [0.2, 0.25) is 5.91 Å². The molecule has 0 radical (unpaired) electrons. The first-order valence-corrected chi connectivity index (χ1v) is 9.93. The van der Waals surface area contributed by atoms with E-state index in [1.54, 1.807) is 29.2 Å². The lowest BCUT2D eigenvalue weighted by Crippen LogP contribution is -2.43. The number of halogens is 1. The van der Waals surface area contributed by atoms with Crippen LogP contribution in [0.15, 0.2) is 54.6 Å². The smallest absolute Gasteiger partial charge is 0.310 e. The van der Waals surface area contributed by atoms with E-state index in [2.05, 4.69) is 5.32 Å². The number of piperidine rings is 1. The molecule has 1 saturated heterocycles. The van der Waals surface area contributed by atoms with Crippen LogP contribution in [-0.2, 0) is 25.5 Å². The molecule has 2 aromatic rings. The molecule has 0 aliphatic carbocycles. The molecule has 0 saturated carbocycles. The minimum absolute atomic E-state index is 0.0225. The van der Waals surface area contributed by atoms with Crippen molar-refractivity contribution in [2.75, 3.05) is 25.0 Å². The molecule has 1 heterocycles. The Morgan fingerprint density at radius 3 is 2.34 bits per heavy atom. The quantitative estimate of drug-likeness (QED) is 0.736. The van der Waals surface area contributed by atoms with E-state index in [9.17, 15) is 14.4 Å². The van der Waals surface area contributed by atoms with E-state index >= 15 is 0 Å². The van der Waals surface area contributed by atoms with Gasteiger partial charge in [-0.15, -0.1) is 0 Å². The monoisotopic (exact) mass is 414 g/mol. The average molecular weight is 415 g/mol. The largest absolute Gasteiger partial charge is 0.455 e. The van der Waals surface area contributed by atoms with Gasteiger partial charge in [-0.05, 0) is 36.6 Å². The van der Waals surface area contributed by atoms with Gasteiger partial charge in [-0.25, -0.2) is 0 Å². The summed E-state index contributed by atoms with van der Waals surface area (Å²) in [5, 5.41) is 3.39. The second-order valence-corrected chi connectivity index (χ2v) is 7.35. The van der Waals surface area contributed by atoms with Gasteiger partial charge in [0, 0.05) is 29.7 Å². The fraction of sp³-hybridized carbons (Fsp3) is 0.318. The number of esters is 1. The minimum Gasteiger partial charge on any atom is -0.455 e. The third-order valence-electron chi connectivity index (χ3n) is 4.91. The van der Waals surface area contributed by atoms with Gasteiger partial charge in [0.05, 0.1) is 6.42 Å². The number of carbonyl (C=O) groups is 3. The van der Waals surface area contributed by atoms with Crippen LogP contribution in [0.1, 0.15) is 18.4 Å². The summed E-state index contributed by atoms with van der Waals surface area (Å²) in [4.78, 5) is 38.3. The van der Waals surface area contributed by atoms with E-state index in [0.29, 0.717) is 36.5 Å². The minimum atomic E-state index is -0.497. The topological polar surface area (TPSA) is 75.7 Å². The maximum atomic E-state index is 12.4. The van der Waals surface area contributed by atoms with E-state index in [0.717, 1.165) is 5.69 Å². The van der Waals surface area contributed by atoms with Crippen LogP contribution < -0.4 is 5.32 Å². The summed E-state index contributed by atoms with van der Waals surface area (Å²) in [7, 11) is 0. The fourth-order valence-corrected chi connectivity index (χ4v) is 3.44. The van der Waals surface area contributed by atoms with Crippen molar-refractivity contribution in [3.8, 4) is 0 Å². The molecule has 152 valence electrons. The van der Waals surface area contributed by atoms with Crippen molar-refractivity contribution in [1.82, 2.24) is 4.90 Å². The third-order valence-corrected chi connectivity index (χ3v) is 5.28. The van der Waals surface area contributed by atoms with Gasteiger partial charge in [0.25, 0.3) is 5.91 Å². The third kappa shape index (κ3) is 6.06. The summed E-state index contributed by atoms with van der Waals surface area (Å²) in [5.41, 5.74) is 1.43. The number of hydrogen-bond donors (Lipinski definition) is 1. The number of ether oxygens (including phenoxy) is 1. The summed E-state index contributed by atoms with van der Waals surface area (Å²) in [6.45, 7) is 0.631. The van der Waals surface area contributed by atoms with Crippen LogP contribution in [-0.4, -0.2) is 42.4 Å². The Hall–Kier alpha value is -2.86. The Labute approximate surface area is 174 Å². The first-order valence-electron chi connectivity index (χ1n) is 9.55. The molecule has 1 N–H and O–H groups in total. The number of hydrogen-bond acceptors (Lipinski definition) is 4. The van der Waals surface area contributed by atoms with Gasteiger partial charge in [0.15, 0.2) is 6.61 Å². The second kappa shape index (κ2) is 10.1. The molecule has 0 aromatic heterocycles. The molecule has 29 heavy (non-hydrogen) atoms. The van der Waals surface area contributed by atoms with Gasteiger partial charge in [-0.1, -0.05) is 48.0 Å². The SMILES string of the molecule is O=C(Cc1ccccc1Cl)OCC(=O)N1CCC(C(=O)Nc2ccccc2)CC1. The summed E-state index contributed by atoms with van der Waals surface area (Å²) < 4.78 is 5.10. The van der Waals surface area contributed by atoms with Crippen LogP contribution in [0, 0.1) is 5.92 Å². The lowest BCUT2D eigenvalue weighted by atomic mass is 9.95. The number of carbonyl (C=O) groups excluding carboxylic acids is 3. The highest BCUT2D eigenvalue weighted by molar-refractivity contribution is 6.31. The number of anilines is 1. The molecular weight excluding hydrogens is 392 g/mol. The molecule has 1 fully saturated rings. The van der Waals surface area contributed by atoms with Gasteiger partial charge in [0.1, 0.15) is 0 Å². The normalized spacial score (nSPS) is 14.3. The highest BCUT2D eigenvalue weighted by atomic mass is 35.5. The lowest BCUT2D eigenvalue weighted by molar-refractivity contribution is -0.152. The number of nitrogens with zero attached hydrogens (tertiary/aromatic N) is 1. The molecule has 3 rings (SSSR count). The van der Waals surface area contributed by atoms with Crippen molar-refractivity contribution in [3.63, 3.8) is 0 Å². The summed E-state index contributed by atoms with van der Waals surface area (Å²) in [5.74, 6) is -0.917. The fourth-order valence-electron chi connectivity index (χ4n) is 3.24. The Balaban J connectivity index is 1.40. The highest BCUT2D eigenvalue weighted by Gasteiger charge is 2.27. The Kier molecular flexibility index (Phi) is 7.25. The van der Waals surface area contributed by atoms with Crippen LogP contribution in [0.5, 0.6) is 0 Å². The van der Waals surface area contributed by atoms with Crippen molar-refractivity contribution < 1.29 is 19.1 Å². The molecule has 2 aromatic carbocycles. The van der Waals surface area contributed by atoms with Crippen LogP contribution >= 0.6 is 11.6 Å². The summed E-state index contributed by atoms with van der Waals surface area (Å²) >= 11 is 6.03. The molecular formula is C22H23ClN2O4. The molecule has 0 unspecified atom stereocenters. The molecule has 0 atom stereocenters. The molecule has 7 heteroatoms. The number of rotatable bonds is 6. The Morgan fingerprint density at radius 2 is 1.66 bits per heavy atom. The molecule has 6 nitrogen and oxygen atoms in total. The predicted octanol–water partition coefficient (Wildman–Crippen LogP) is 3.30. The van der Waals surface area contributed by atoms with Gasteiger partial charge < -0.3 is 15.0 Å². The van der Waals surface area contributed by atoms with Crippen LogP contribution in [0.25, 0.3) is 0 Å². The molecule has 1 aliphatic rings. The summed E-state index contributed by atoms with van der Waals surface area (Å²) in [6.07, 6.45) is 1.19. The maximum absolute atomic E-state index is 12.4. The summed E-state index contributed by atoms with van der Waals surface area (Å²) in [6, 6.07) is 16.3. The lowest BCUT2D eigenvalue weighted by Gasteiger charge is -2.31. The van der Waals surface area contributed by atoms with E-state index in [-0.39, 0.29) is 30.8 Å². The standard InChI is InChI=1S/C22H23ClN2O4/c23-19-9-5-4-6-17(19)14-21(27)29-15-20(26)25-12-10-16(11-13-25)22(28)24-18-7-2-1-3-8-18/h1-9,16H,10-15H2,(H,24,28). The first kappa shape index (κ1) is 20.9. The van der Waals surface area contributed by atoms with Crippen molar-refractivity contribution in [2.24, 2.45) is 5.92 Å². The molecule has 0 bridgehead atoms. The zero-order chi connectivity index (χ0) is 20.6. The van der Waals surface area contributed by atoms with E-state index in [4.69, 9.17) is 16.3 Å². The van der Waals surface area contributed by atoms with Gasteiger partial charge in [-0.3, -0.25) is 14.4 Å². The van der Waals surface area contributed by atoms with Crippen LogP contribution in [0.4, 0.5) is 5.69 Å². The van der Waals surface area contributed by atoms with Crippen molar-refractivity contribution in [3.05, 3.63) is 65.2 Å². The van der Waals surface area contributed by atoms with E-state index < -0.39 is 5.97 Å². The number of amides is 2. The number of benzene rings is 2. The zero-order valence-electron chi connectivity index (χ0n) is 16.0. The van der Waals surface area contributed by atoms with Crippen molar-refractivity contribution in [1.29, 1.82) is 0 Å². The number of likely N-dealkylation sites (tertiary alicyclic amines) is 1. The van der Waals surface area contributed by atoms with Gasteiger partial charge >= 0.3 is 5.97 Å². The van der Waals surface area contributed by atoms with Crippen molar-refractivity contribution in [2.45, 2.75) is 19.3 Å². The number of nitrogens with one attached hydrogen (secondary N) is 1. The maximum Gasteiger partial charge on any atom is 0.310 e. The Morgan fingerprint density at radius 1 is 1.00 bits per heavy atom. The molecule has 1 aliphatic heterocycles. The highest BCUT2D eigenvalue weighted by Crippen LogP contribution is 2.20. The van der Waals surface area contributed by atoms with E-state index in [1.165, 1.54) is 0 Å². The van der Waals surface area contributed by atoms with Crippen molar-refractivity contribution >= 4 is 35.1 Å². The average Bonchev–Trinajstić information content (AvgIpc) is 2.74. The number of para-hydroxylation sites is 1. The van der Waals surface area contributed by atoms with Crippen LogP contribution in [0.3, 0.4) is 0 Å². The van der Waals surface area contributed by atoms with Crippen LogP contribution in [0.2, 0.25) is 5.02 Å². The first-order chi connectivity index (χ1) is 14.0. The van der Waals surface area contributed by atoms with Gasteiger partial charge in [-0.2, -0.15) is 0 Å². The zero-order valence-corrected chi connectivity index (χ0v) is 16.7. The predicted molar refractivity (Wildman–Crippen MR) is 110 cm³/mol. The Bertz CT molecular complexity index is 864. The molecule has 2 amide bonds. The van der Waals surface area contributed by atoms with E-state index in [1.807, 2.05) is 30.3 Å².